The summed E-state index contributed by atoms with van der Waals surface area (Å²) in [6, 6.07) is 18.8. The van der Waals surface area contributed by atoms with E-state index in [-0.39, 0.29) is 10.2 Å². The van der Waals surface area contributed by atoms with Crippen LogP contribution >= 0.6 is 15.9 Å². The summed E-state index contributed by atoms with van der Waals surface area (Å²) in [4.78, 5) is 10.8. The maximum atomic E-state index is 11.0. The van der Waals surface area contributed by atoms with Crippen LogP contribution in [-0.4, -0.2) is 11.4 Å². The molecule has 104 valence electrons. The summed E-state index contributed by atoms with van der Waals surface area (Å²) in [7, 11) is 0. The molecule has 0 radical (unpaired) electrons. The molecule has 0 unspecified atom stereocenters. The number of nitrogens with one attached hydrogen (secondary N) is 1. The van der Waals surface area contributed by atoms with Crippen molar-refractivity contribution in [3.63, 3.8) is 0 Å². The van der Waals surface area contributed by atoms with Gasteiger partial charge >= 0.3 is 0 Å². The molecule has 0 spiro atoms. The highest BCUT2D eigenvalue weighted by atomic mass is 79.9. The Bertz CT molecular complexity index is 576. The highest BCUT2D eigenvalue weighted by Gasteiger charge is 2.20. The molecule has 0 aromatic heterocycles. The third-order valence-electron chi connectivity index (χ3n) is 3.44. The lowest BCUT2D eigenvalue weighted by Crippen LogP contribution is -2.34. The van der Waals surface area contributed by atoms with Gasteiger partial charge in [0.05, 0.1) is 0 Å². The molecule has 0 saturated carbocycles. The summed E-state index contributed by atoms with van der Waals surface area (Å²) in [6.45, 7) is 4.84. The van der Waals surface area contributed by atoms with Gasteiger partial charge < -0.3 is 5.32 Å². The summed E-state index contributed by atoms with van der Waals surface area (Å²) in [5, 5.41) is 2.81. The molecular formula is C17H18BrNO. The van der Waals surface area contributed by atoms with Gasteiger partial charge in [-0.15, -0.1) is 0 Å². The van der Waals surface area contributed by atoms with Gasteiger partial charge in [-0.2, -0.15) is 0 Å². The second-order valence-corrected chi connectivity index (χ2v) is 6.17. The van der Waals surface area contributed by atoms with E-state index in [1.54, 1.807) is 0 Å². The van der Waals surface area contributed by atoms with Crippen LogP contribution in [0.5, 0.6) is 0 Å². The molecule has 1 N–H and O–H groups in total. The summed E-state index contributed by atoms with van der Waals surface area (Å²) in [6.07, 6.45) is 0. The van der Waals surface area contributed by atoms with Gasteiger partial charge in [0, 0.05) is 27.9 Å². The first kappa shape index (κ1) is 14.8. The molecule has 0 bridgehead atoms. The standard InChI is InChI=1S/C17H18BrNO/c1-17(2,12-19-16(18)20)15-10-8-14(9-11-15)13-6-4-3-5-7-13/h3-11H,12H2,1-2H3,(H,19,20). The van der Waals surface area contributed by atoms with Crippen molar-refractivity contribution in [2.24, 2.45) is 0 Å². The Labute approximate surface area is 128 Å². The van der Waals surface area contributed by atoms with Gasteiger partial charge in [0.25, 0.3) is 4.82 Å². The molecule has 2 nitrogen and oxygen atoms in total. The highest BCUT2D eigenvalue weighted by molar-refractivity contribution is 9.18. The fraction of sp³-hybridized carbons (Fsp3) is 0.235. The quantitative estimate of drug-likeness (QED) is 0.636. The number of rotatable bonds is 4. The fourth-order valence-corrected chi connectivity index (χ4v) is 2.28. The van der Waals surface area contributed by atoms with Crippen LogP contribution in [0.25, 0.3) is 11.1 Å². The number of amides is 1. The first-order chi connectivity index (χ1) is 9.49. The zero-order valence-corrected chi connectivity index (χ0v) is 13.3. The molecule has 0 aliphatic rings. The molecule has 0 aliphatic carbocycles. The monoisotopic (exact) mass is 331 g/mol. The Balaban J connectivity index is 2.17. The second kappa shape index (κ2) is 6.23. The van der Waals surface area contributed by atoms with Crippen LogP contribution in [-0.2, 0) is 5.41 Å². The molecule has 0 fully saturated rings. The third-order valence-corrected chi connectivity index (χ3v) is 3.72. The van der Waals surface area contributed by atoms with Crippen LogP contribution in [0.1, 0.15) is 19.4 Å². The molecule has 0 heterocycles. The van der Waals surface area contributed by atoms with Gasteiger partial charge in [-0.05, 0) is 16.7 Å². The maximum Gasteiger partial charge on any atom is 0.287 e. The van der Waals surface area contributed by atoms with Crippen LogP contribution < -0.4 is 5.32 Å². The van der Waals surface area contributed by atoms with Crippen molar-refractivity contribution in [2.75, 3.05) is 6.54 Å². The summed E-state index contributed by atoms with van der Waals surface area (Å²) in [5.74, 6) is 0. The highest BCUT2D eigenvalue weighted by Crippen LogP contribution is 2.26. The summed E-state index contributed by atoms with van der Waals surface area (Å²) >= 11 is 2.89. The molecule has 0 atom stereocenters. The van der Waals surface area contributed by atoms with Crippen molar-refractivity contribution < 1.29 is 4.79 Å². The van der Waals surface area contributed by atoms with Crippen molar-refractivity contribution >= 4 is 20.7 Å². The van der Waals surface area contributed by atoms with E-state index in [0.717, 1.165) is 0 Å². The zero-order chi connectivity index (χ0) is 14.6. The molecule has 2 rings (SSSR count). The average Bonchev–Trinajstić information content (AvgIpc) is 2.46. The van der Waals surface area contributed by atoms with E-state index in [9.17, 15) is 4.79 Å². The summed E-state index contributed by atoms with van der Waals surface area (Å²) < 4.78 is 0. The Morgan fingerprint density at radius 2 is 1.55 bits per heavy atom. The normalized spacial score (nSPS) is 11.2. The molecule has 20 heavy (non-hydrogen) atoms. The van der Waals surface area contributed by atoms with E-state index in [1.165, 1.54) is 16.7 Å². The SMILES string of the molecule is CC(C)(CNC(=O)Br)c1ccc(-c2ccccc2)cc1. The van der Waals surface area contributed by atoms with Crippen LogP contribution in [0.15, 0.2) is 54.6 Å². The number of carbonyl (C=O) groups is 1. The fourth-order valence-electron chi connectivity index (χ4n) is 2.14. The Morgan fingerprint density at radius 1 is 1.00 bits per heavy atom. The van der Waals surface area contributed by atoms with Crippen molar-refractivity contribution in [1.82, 2.24) is 5.32 Å². The van der Waals surface area contributed by atoms with Crippen molar-refractivity contribution in [3.8, 4) is 11.1 Å². The van der Waals surface area contributed by atoms with E-state index in [2.05, 4.69) is 71.5 Å². The lowest BCUT2D eigenvalue weighted by Gasteiger charge is -2.25. The predicted octanol–water partition coefficient (Wildman–Crippen LogP) is 4.74. The first-order valence-corrected chi connectivity index (χ1v) is 7.38. The van der Waals surface area contributed by atoms with Gasteiger partial charge in [-0.1, -0.05) is 68.4 Å². The van der Waals surface area contributed by atoms with Crippen LogP contribution in [0, 0.1) is 0 Å². The van der Waals surface area contributed by atoms with E-state index < -0.39 is 0 Å². The summed E-state index contributed by atoms with van der Waals surface area (Å²) in [5.41, 5.74) is 3.53. The van der Waals surface area contributed by atoms with Crippen LogP contribution in [0.4, 0.5) is 4.79 Å². The van der Waals surface area contributed by atoms with Gasteiger partial charge in [-0.3, -0.25) is 4.79 Å². The van der Waals surface area contributed by atoms with Gasteiger partial charge in [-0.25, -0.2) is 0 Å². The minimum Gasteiger partial charge on any atom is -0.346 e. The average molecular weight is 332 g/mol. The molecule has 2 aromatic carbocycles. The Hall–Kier alpha value is -1.61. The van der Waals surface area contributed by atoms with Crippen molar-refractivity contribution in [1.29, 1.82) is 0 Å². The van der Waals surface area contributed by atoms with E-state index in [4.69, 9.17) is 0 Å². The van der Waals surface area contributed by atoms with Crippen LogP contribution in [0.3, 0.4) is 0 Å². The topological polar surface area (TPSA) is 29.1 Å². The number of benzene rings is 2. The molecule has 0 aliphatic heterocycles. The Kier molecular flexibility index (Phi) is 4.61. The Morgan fingerprint density at radius 3 is 2.10 bits per heavy atom. The van der Waals surface area contributed by atoms with E-state index in [1.807, 2.05) is 18.2 Å². The largest absolute Gasteiger partial charge is 0.346 e. The molecular weight excluding hydrogens is 314 g/mol. The number of carbonyl (C=O) groups excluding carboxylic acids is 1. The minimum absolute atomic E-state index is 0.0986. The zero-order valence-electron chi connectivity index (χ0n) is 11.7. The van der Waals surface area contributed by atoms with E-state index >= 15 is 0 Å². The van der Waals surface area contributed by atoms with Crippen molar-refractivity contribution in [2.45, 2.75) is 19.3 Å². The number of hydrogen-bond acceptors (Lipinski definition) is 1. The lowest BCUT2D eigenvalue weighted by atomic mass is 9.84. The molecule has 1 amide bonds. The van der Waals surface area contributed by atoms with E-state index in [0.29, 0.717) is 6.54 Å². The smallest absolute Gasteiger partial charge is 0.287 e. The van der Waals surface area contributed by atoms with Crippen LogP contribution in [0.2, 0.25) is 0 Å². The van der Waals surface area contributed by atoms with Gasteiger partial charge in [0.15, 0.2) is 0 Å². The van der Waals surface area contributed by atoms with Gasteiger partial charge in [0.2, 0.25) is 0 Å². The first-order valence-electron chi connectivity index (χ1n) is 6.58. The predicted molar refractivity (Wildman–Crippen MR) is 87.2 cm³/mol. The maximum absolute atomic E-state index is 11.0. The van der Waals surface area contributed by atoms with Gasteiger partial charge in [0.1, 0.15) is 0 Å². The third kappa shape index (κ3) is 3.70. The number of hydrogen-bond donors (Lipinski definition) is 1. The molecule has 2 aromatic rings. The second-order valence-electron chi connectivity index (χ2n) is 5.45. The minimum atomic E-state index is -0.175. The molecule has 3 heteroatoms. The lowest BCUT2D eigenvalue weighted by molar-refractivity contribution is 0.259. The molecule has 0 saturated heterocycles. The van der Waals surface area contributed by atoms with Crippen molar-refractivity contribution in [3.05, 3.63) is 60.2 Å². The number of halogens is 1.